The normalized spacial score (nSPS) is 10.1. The third kappa shape index (κ3) is 8.31. The molecule has 1 aromatic rings. The number of nitrogens with two attached hydrogens (primary N) is 1. The van der Waals surface area contributed by atoms with Crippen LogP contribution in [0.4, 0.5) is 0 Å². The van der Waals surface area contributed by atoms with Gasteiger partial charge in [-0.1, -0.05) is 12.0 Å². The molecule has 0 radical (unpaired) electrons. The summed E-state index contributed by atoms with van der Waals surface area (Å²) in [6, 6.07) is 5.72. The zero-order valence-corrected chi connectivity index (χ0v) is 13.3. The lowest BCUT2D eigenvalue weighted by molar-refractivity contribution is -0.119. The van der Waals surface area contributed by atoms with Crippen LogP contribution in [-0.4, -0.2) is 36.5 Å². The molecule has 1 rings (SSSR count). The highest BCUT2D eigenvalue weighted by molar-refractivity contribution is 14.0. The summed E-state index contributed by atoms with van der Waals surface area (Å²) in [5, 5.41) is 5.40. The van der Waals surface area contributed by atoms with Crippen molar-refractivity contribution in [3.05, 3.63) is 30.1 Å². The highest BCUT2D eigenvalue weighted by Gasteiger charge is 1.98. The van der Waals surface area contributed by atoms with Crippen molar-refractivity contribution in [3.8, 4) is 12.3 Å². The molecule has 1 amide bonds. The van der Waals surface area contributed by atoms with E-state index in [1.54, 1.807) is 6.20 Å². The fraction of sp³-hybridized carbons (Fsp3) is 0.308. The van der Waals surface area contributed by atoms with Gasteiger partial charge in [-0.05, 0) is 12.1 Å². The van der Waals surface area contributed by atoms with E-state index < -0.39 is 0 Å². The molecule has 0 atom stereocenters. The molecule has 0 aliphatic carbocycles. The Hall–Kier alpha value is -1.82. The van der Waals surface area contributed by atoms with Gasteiger partial charge >= 0.3 is 0 Å². The Balaban J connectivity index is 0.00000361. The average Bonchev–Trinajstić information content (AvgIpc) is 2.44. The quantitative estimate of drug-likeness (QED) is 0.275. The van der Waals surface area contributed by atoms with Crippen molar-refractivity contribution >= 4 is 35.8 Å². The highest BCUT2D eigenvalue weighted by Crippen LogP contribution is 1.92. The number of halogens is 1. The monoisotopic (exact) mass is 387 g/mol. The van der Waals surface area contributed by atoms with Gasteiger partial charge in [0.2, 0.25) is 5.91 Å². The van der Waals surface area contributed by atoms with Crippen molar-refractivity contribution in [3.63, 3.8) is 0 Å². The van der Waals surface area contributed by atoms with E-state index in [9.17, 15) is 4.79 Å². The molecule has 20 heavy (non-hydrogen) atoms. The van der Waals surface area contributed by atoms with E-state index in [2.05, 4.69) is 26.5 Å². The first-order chi connectivity index (χ1) is 9.22. The number of guanidine groups is 1. The van der Waals surface area contributed by atoms with E-state index in [0.717, 1.165) is 12.1 Å². The van der Waals surface area contributed by atoms with Gasteiger partial charge in [-0.25, -0.2) is 4.99 Å². The van der Waals surface area contributed by atoms with Gasteiger partial charge in [-0.15, -0.1) is 30.4 Å². The number of terminal acetylenes is 1. The Morgan fingerprint density at radius 3 is 2.90 bits per heavy atom. The van der Waals surface area contributed by atoms with E-state index in [4.69, 9.17) is 12.2 Å². The summed E-state index contributed by atoms with van der Waals surface area (Å²) in [6.45, 7) is 0.768. The predicted molar refractivity (Wildman–Crippen MR) is 89.7 cm³/mol. The number of rotatable bonds is 6. The molecule has 0 aromatic carbocycles. The number of hydrogen-bond donors (Lipinski definition) is 3. The first kappa shape index (κ1) is 18.2. The Bertz CT molecular complexity index is 469. The lowest BCUT2D eigenvalue weighted by Crippen LogP contribution is -2.35. The summed E-state index contributed by atoms with van der Waals surface area (Å²) in [7, 11) is 0. The van der Waals surface area contributed by atoms with Crippen LogP contribution in [0.1, 0.15) is 5.69 Å². The van der Waals surface area contributed by atoms with Gasteiger partial charge in [0.15, 0.2) is 5.96 Å². The Labute approximate surface area is 135 Å². The van der Waals surface area contributed by atoms with E-state index in [0.29, 0.717) is 6.54 Å². The second-order valence-electron chi connectivity index (χ2n) is 3.68. The number of nitrogens with one attached hydrogen (secondary N) is 2. The predicted octanol–water partition coefficient (Wildman–Crippen LogP) is -0.104. The molecule has 0 unspecified atom stereocenters. The van der Waals surface area contributed by atoms with Crippen LogP contribution in [0.3, 0.4) is 0 Å². The van der Waals surface area contributed by atoms with Crippen molar-refractivity contribution < 1.29 is 4.79 Å². The molecule has 1 aromatic heterocycles. The Morgan fingerprint density at radius 2 is 2.25 bits per heavy atom. The molecule has 7 heteroatoms. The van der Waals surface area contributed by atoms with Gasteiger partial charge in [0, 0.05) is 24.9 Å². The summed E-state index contributed by atoms with van der Waals surface area (Å²) >= 11 is 0. The van der Waals surface area contributed by atoms with Gasteiger partial charge < -0.3 is 16.4 Å². The van der Waals surface area contributed by atoms with Gasteiger partial charge in [-0.2, -0.15) is 0 Å². The molecule has 0 aliphatic rings. The maximum atomic E-state index is 11.2. The number of carbonyl (C=O) groups is 1. The van der Waals surface area contributed by atoms with Crippen molar-refractivity contribution in [2.45, 2.75) is 6.42 Å². The Morgan fingerprint density at radius 1 is 1.45 bits per heavy atom. The number of hydrogen-bond acceptors (Lipinski definition) is 3. The average molecular weight is 387 g/mol. The fourth-order valence-corrected chi connectivity index (χ4v) is 1.28. The van der Waals surface area contributed by atoms with E-state index in [1.807, 2.05) is 18.2 Å². The third-order valence-electron chi connectivity index (χ3n) is 2.19. The van der Waals surface area contributed by atoms with Crippen LogP contribution in [-0.2, 0) is 11.2 Å². The SMILES string of the molecule is C#CCNC(=O)CN=C(N)NCCc1ccccn1.I. The highest BCUT2D eigenvalue weighted by atomic mass is 127. The largest absolute Gasteiger partial charge is 0.370 e. The number of aromatic nitrogens is 1. The molecule has 6 nitrogen and oxygen atoms in total. The number of nitrogens with zero attached hydrogens (tertiary/aromatic N) is 2. The van der Waals surface area contributed by atoms with Crippen LogP contribution in [0, 0.1) is 12.3 Å². The van der Waals surface area contributed by atoms with Crippen LogP contribution < -0.4 is 16.4 Å². The van der Waals surface area contributed by atoms with Crippen LogP contribution in [0.15, 0.2) is 29.4 Å². The molecule has 108 valence electrons. The molecule has 0 spiro atoms. The second kappa shape index (κ2) is 11.0. The third-order valence-corrected chi connectivity index (χ3v) is 2.19. The van der Waals surface area contributed by atoms with Crippen LogP contribution in [0.25, 0.3) is 0 Å². The van der Waals surface area contributed by atoms with E-state index >= 15 is 0 Å². The van der Waals surface area contributed by atoms with Crippen molar-refractivity contribution in [1.82, 2.24) is 15.6 Å². The molecular formula is C13H18IN5O. The second-order valence-corrected chi connectivity index (χ2v) is 3.68. The summed E-state index contributed by atoms with van der Waals surface area (Å²) in [5.41, 5.74) is 6.58. The minimum Gasteiger partial charge on any atom is -0.370 e. The number of aliphatic imine (C=N–C) groups is 1. The number of pyridine rings is 1. The van der Waals surface area contributed by atoms with Crippen molar-refractivity contribution in [2.75, 3.05) is 19.6 Å². The molecular weight excluding hydrogens is 369 g/mol. The summed E-state index contributed by atoms with van der Waals surface area (Å²) in [6.07, 6.45) is 7.49. The smallest absolute Gasteiger partial charge is 0.242 e. The van der Waals surface area contributed by atoms with Crippen molar-refractivity contribution in [1.29, 1.82) is 0 Å². The lowest BCUT2D eigenvalue weighted by Gasteiger charge is -2.05. The zero-order chi connectivity index (χ0) is 13.9. The minimum absolute atomic E-state index is 0. The minimum atomic E-state index is -0.257. The van der Waals surface area contributed by atoms with Crippen LogP contribution in [0.2, 0.25) is 0 Å². The van der Waals surface area contributed by atoms with Crippen molar-refractivity contribution in [2.24, 2.45) is 10.7 Å². The molecule has 0 bridgehead atoms. The summed E-state index contributed by atoms with van der Waals surface area (Å²) < 4.78 is 0. The first-order valence-electron chi connectivity index (χ1n) is 5.86. The first-order valence-corrected chi connectivity index (χ1v) is 5.86. The molecule has 0 saturated carbocycles. The summed E-state index contributed by atoms with van der Waals surface area (Å²) in [5.74, 6) is 2.28. The maximum absolute atomic E-state index is 11.2. The van der Waals surface area contributed by atoms with Gasteiger partial charge in [-0.3, -0.25) is 9.78 Å². The number of carbonyl (C=O) groups excluding carboxylic acids is 1. The van der Waals surface area contributed by atoms with E-state index in [1.165, 1.54) is 0 Å². The summed E-state index contributed by atoms with van der Waals surface area (Å²) in [4.78, 5) is 19.3. The topological polar surface area (TPSA) is 92.4 Å². The van der Waals surface area contributed by atoms with Gasteiger partial charge in [0.05, 0.1) is 6.54 Å². The number of amides is 1. The van der Waals surface area contributed by atoms with Crippen LogP contribution in [0.5, 0.6) is 0 Å². The van der Waals surface area contributed by atoms with Gasteiger partial charge in [0.1, 0.15) is 6.54 Å². The molecule has 1 heterocycles. The van der Waals surface area contributed by atoms with Crippen LogP contribution >= 0.6 is 24.0 Å². The molecule has 0 saturated heterocycles. The standard InChI is InChI=1S/C13H17N5O.HI/c1-2-7-16-12(19)10-18-13(14)17-9-6-11-5-3-4-8-15-11;/h1,3-5,8H,6-7,9-10H2,(H,16,19)(H3,14,17,18);1H. The zero-order valence-electron chi connectivity index (χ0n) is 11.0. The molecule has 4 N–H and O–H groups in total. The molecule has 0 aliphatic heterocycles. The van der Waals surface area contributed by atoms with Gasteiger partial charge in [0.25, 0.3) is 0 Å². The van der Waals surface area contributed by atoms with E-state index in [-0.39, 0.29) is 48.9 Å². The fourth-order valence-electron chi connectivity index (χ4n) is 1.28. The maximum Gasteiger partial charge on any atom is 0.242 e. The molecule has 0 fully saturated rings. The lowest BCUT2D eigenvalue weighted by atomic mass is 10.3. The Kier molecular flexibility index (Phi) is 10.0.